The summed E-state index contributed by atoms with van der Waals surface area (Å²) < 4.78 is 18.6. The van der Waals surface area contributed by atoms with Crippen LogP contribution in [0.3, 0.4) is 0 Å². The molecular formula is C21H19FN4O3. The van der Waals surface area contributed by atoms with Gasteiger partial charge in [-0.05, 0) is 42.0 Å². The molecule has 0 bridgehead atoms. The van der Waals surface area contributed by atoms with Gasteiger partial charge in [0.05, 0.1) is 17.8 Å². The molecule has 29 heavy (non-hydrogen) atoms. The predicted octanol–water partition coefficient (Wildman–Crippen LogP) is 3.01. The number of nitrogens with zero attached hydrogens (tertiary/aromatic N) is 2. The lowest BCUT2D eigenvalue weighted by molar-refractivity contribution is -0.126. The van der Waals surface area contributed by atoms with Gasteiger partial charge in [0.2, 0.25) is 11.8 Å². The van der Waals surface area contributed by atoms with E-state index in [0.29, 0.717) is 30.3 Å². The summed E-state index contributed by atoms with van der Waals surface area (Å²) in [5.41, 5.74) is 1.57. The van der Waals surface area contributed by atoms with Gasteiger partial charge >= 0.3 is 0 Å². The Morgan fingerprint density at radius 1 is 1.17 bits per heavy atom. The summed E-state index contributed by atoms with van der Waals surface area (Å²) in [5.74, 6) is 0.202. The SMILES string of the molecule is O=C(NCc1ccc(Oc2ccc(F)cc2)cc1)[C@H]1CC(=O)N(c2cn[nH]c2)C1. The van der Waals surface area contributed by atoms with Crippen molar-refractivity contribution in [3.8, 4) is 11.5 Å². The first-order valence-electron chi connectivity index (χ1n) is 9.18. The van der Waals surface area contributed by atoms with Crippen LogP contribution < -0.4 is 15.0 Å². The summed E-state index contributed by atoms with van der Waals surface area (Å²) in [6.45, 7) is 0.695. The van der Waals surface area contributed by atoms with Crippen LogP contribution in [0, 0.1) is 11.7 Å². The third-order valence-electron chi connectivity index (χ3n) is 4.73. The van der Waals surface area contributed by atoms with Crippen molar-refractivity contribution in [2.45, 2.75) is 13.0 Å². The van der Waals surface area contributed by atoms with E-state index in [1.807, 2.05) is 12.1 Å². The van der Waals surface area contributed by atoms with Crippen LogP contribution in [0.5, 0.6) is 11.5 Å². The highest BCUT2D eigenvalue weighted by Gasteiger charge is 2.35. The van der Waals surface area contributed by atoms with E-state index in [1.165, 1.54) is 12.1 Å². The molecule has 1 atom stereocenters. The molecule has 0 aliphatic carbocycles. The maximum atomic E-state index is 12.9. The van der Waals surface area contributed by atoms with Crippen molar-refractivity contribution in [2.75, 3.05) is 11.4 Å². The molecule has 1 saturated heterocycles. The highest BCUT2D eigenvalue weighted by atomic mass is 19.1. The number of halogens is 1. The minimum atomic E-state index is -0.390. The zero-order valence-electron chi connectivity index (χ0n) is 15.5. The second-order valence-corrected chi connectivity index (χ2v) is 6.78. The van der Waals surface area contributed by atoms with Crippen molar-refractivity contribution in [3.63, 3.8) is 0 Å². The van der Waals surface area contributed by atoms with Crippen LogP contribution in [0.25, 0.3) is 0 Å². The van der Waals surface area contributed by atoms with Gasteiger partial charge in [-0.1, -0.05) is 12.1 Å². The fourth-order valence-corrected chi connectivity index (χ4v) is 3.17. The Morgan fingerprint density at radius 2 is 1.86 bits per heavy atom. The number of hydrogen-bond donors (Lipinski definition) is 2. The number of aromatic nitrogens is 2. The van der Waals surface area contributed by atoms with Gasteiger partial charge in [-0.2, -0.15) is 5.10 Å². The summed E-state index contributed by atoms with van der Waals surface area (Å²) in [7, 11) is 0. The zero-order chi connectivity index (χ0) is 20.2. The third-order valence-corrected chi connectivity index (χ3v) is 4.73. The molecule has 148 valence electrons. The number of carbonyl (C=O) groups is 2. The van der Waals surface area contributed by atoms with Gasteiger partial charge in [-0.25, -0.2) is 4.39 Å². The van der Waals surface area contributed by atoms with Crippen molar-refractivity contribution < 1.29 is 18.7 Å². The minimum Gasteiger partial charge on any atom is -0.457 e. The lowest BCUT2D eigenvalue weighted by atomic mass is 10.1. The van der Waals surface area contributed by atoms with Gasteiger partial charge < -0.3 is 15.0 Å². The van der Waals surface area contributed by atoms with E-state index in [-0.39, 0.29) is 24.1 Å². The van der Waals surface area contributed by atoms with E-state index in [9.17, 15) is 14.0 Å². The summed E-state index contributed by atoms with van der Waals surface area (Å²) in [4.78, 5) is 26.1. The van der Waals surface area contributed by atoms with Gasteiger partial charge in [0.25, 0.3) is 0 Å². The van der Waals surface area contributed by atoms with E-state index in [1.54, 1.807) is 41.6 Å². The van der Waals surface area contributed by atoms with E-state index < -0.39 is 5.92 Å². The summed E-state index contributed by atoms with van der Waals surface area (Å²) in [6.07, 6.45) is 3.38. The average molecular weight is 394 g/mol. The van der Waals surface area contributed by atoms with Gasteiger partial charge in [0, 0.05) is 25.7 Å². The van der Waals surface area contributed by atoms with Crippen LogP contribution in [0.1, 0.15) is 12.0 Å². The maximum Gasteiger partial charge on any atom is 0.227 e. The van der Waals surface area contributed by atoms with Crippen molar-refractivity contribution >= 4 is 17.5 Å². The number of H-pyrrole nitrogens is 1. The molecule has 0 radical (unpaired) electrons. The largest absolute Gasteiger partial charge is 0.457 e. The van der Waals surface area contributed by atoms with Crippen LogP contribution >= 0.6 is 0 Å². The fourth-order valence-electron chi connectivity index (χ4n) is 3.17. The topological polar surface area (TPSA) is 87.3 Å². The molecule has 0 spiro atoms. The number of anilines is 1. The number of nitrogens with one attached hydrogen (secondary N) is 2. The second-order valence-electron chi connectivity index (χ2n) is 6.78. The number of rotatable bonds is 6. The molecule has 2 amide bonds. The molecule has 1 aliphatic rings. The molecule has 1 fully saturated rings. The fraction of sp³-hybridized carbons (Fsp3) is 0.190. The molecule has 4 rings (SSSR count). The first-order valence-corrected chi connectivity index (χ1v) is 9.18. The molecular weight excluding hydrogens is 375 g/mol. The maximum absolute atomic E-state index is 12.9. The number of amides is 2. The van der Waals surface area contributed by atoms with E-state index in [0.717, 1.165) is 5.56 Å². The molecule has 1 aliphatic heterocycles. The Balaban J connectivity index is 1.29. The Kier molecular flexibility index (Phi) is 5.24. The molecule has 8 heteroatoms. The third kappa shape index (κ3) is 4.43. The molecule has 1 aromatic heterocycles. The molecule has 0 saturated carbocycles. The monoisotopic (exact) mass is 394 g/mol. The second kappa shape index (κ2) is 8.14. The first-order chi connectivity index (χ1) is 14.1. The Hall–Kier alpha value is -3.68. The van der Waals surface area contributed by atoms with E-state index >= 15 is 0 Å². The number of hydrogen-bond acceptors (Lipinski definition) is 4. The quantitative estimate of drug-likeness (QED) is 0.673. The predicted molar refractivity (Wildman–Crippen MR) is 104 cm³/mol. The van der Waals surface area contributed by atoms with Gasteiger partial charge in [-0.15, -0.1) is 0 Å². The Labute approximate surface area is 166 Å². The van der Waals surface area contributed by atoms with Gasteiger partial charge in [0.1, 0.15) is 17.3 Å². The van der Waals surface area contributed by atoms with Crippen LogP contribution in [0.4, 0.5) is 10.1 Å². The lowest BCUT2D eigenvalue weighted by Gasteiger charge is -2.14. The summed E-state index contributed by atoms with van der Waals surface area (Å²) >= 11 is 0. The normalized spacial score (nSPS) is 16.1. The highest BCUT2D eigenvalue weighted by Crippen LogP contribution is 2.25. The van der Waals surface area contributed by atoms with Crippen LogP contribution in [0.15, 0.2) is 60.9 Å². The lowest BCUT2D eigenvalue weighted by Crippen LogP contribution is -2.32. The highest BCUT2D eigenvalue weighted by molar-refractivity contribution is 6.00. The number of aromatic amines is 1. The number of benzene rings is 2. The standard InChI is InChI=1S/C21H19FN4O3/c22-16-3-7-19(8-4-16)29-18-5-1-14(2-6-18)10-23-21(28)15-9-20(27)26(13-15)17-11-24-25-12-17/h1-8,11-12,15H,9-10,13H2,(H,23,28)(H,24,25)/t15-/m0/s1. The molecule has 2 heterocycles. The Bertz CT molecular complexity index is 988. The van der Waals surface area contributed by atoms with Crippen LogP contribution in [-0.2, 0) is 16.1 Å². The van der Waals surface area contributed by atoms with E-state index in [2.05, 4.69) is 15.5 Å². The Morgan fingerprint density at radius 3 is 2.52 bits per heavy atom. The smallest absolute Gasteiger partial charge is 0.227 e. The van der Waals surface area contributed by atoms with Crippen molar-refractivity contribution in [1.29, 1.82) is 0 Å². The summed E-state index contributed by atoms with van der Waals surface area (Å²) in [6, 6.07) is 13.0. The van der Waals surface area contributed by atoms with Gasteiger partial charge in [-0.3, -0.25) is 14.7 Å². The van der Waals surface area contributed by atoms with Crippen molar-refractivity contribution in [1.82, 2.24) is 15.5 Å². The summed E-state index contributed by atoms with van der Waals surface area (Å²) in [5, 5.41) is 9.39. The van der Waals surface area contributed by atoms with Crippen LogP contribution in [0.2, 0.25) is 0 Å². The molecule has 2 N–H and O–H groups in total. The van der Waals surface area contributed by atoms with Gasteiger partial charge in [0.15, 0.2) is 0 Å². The molecule has 3 aromatic rings. The number of ether oxygens (including phenoxy) is 1. The zero-order valence-corrected chi connectivity index (χ0v) is 15.5. The molecule has 0 unspecified atom stereocenters. The number of carbonyl (C=O) groups excluding carboxylic acids is 2. The minimum absolute atomic E-state index is 0.0890. The van der Waals surface area contributed by atoms with Crippen molar-refractivity contribution in [2.24, 2.45) is 5.92 Å². The molecule has 7 nitrogen and oxygen atoms in total. The average Bonchev–Trinajstić information content (AvgIpc) is 3.38. The van der Waals surface area contributed by atoms with E-state index in [4.69, 9.17) is 4.74 Å². The first kappa shape index (κ1) is 18.7. The molecule has 2 aromatic carbocycles. The van der Waals surface area contributed by atoms with Crippen LogP contribution in [-0.4, -0.2) is 28.6 Å². The van der Waals surface area contributed by atoms with Crippen molar-refractivity contribution in [3.05, 3.63) is 72.3 Å².